The Morgan fingerprint density at radius 3 is 2.25 bits per heavy atom. The summed E-state index contributed by atoms with van der Waals surface area (Å²) in [5.41, 5.74) is 2.67. The quantitative estimate of drug-likeness (QED) is 0.647. The van der Waals surface area contributed by atoms with Crippen molar-refractivity contribution in [2.24, 2.45) is 5.10 Å². The van der Waals surface area contributed by atoms with Crippen LogP contribution in [0.25, 0.3) is 0 Å². The third-order valence-electron chi connectivity index (χ3n) is 5.08. The molecule has 1 amide bonds. The first-order valence-electron chi connectivity index (χ1n) is 9.99. The summed E-state index contributed by atoms with van der Waals surface area (Å²) in [6.45, 7) is 1.78. The first-order chi connectivity index (χ1) is 15.2. The van der Waals surface area contributed by atoms with E-state index in [0.717, 1.165) is 11.8 Å². The molecule has 1 heterocycles. The first-order valence-corrected chi connectivity index (χ1v) is 11.9. The molecule has 3 rings (SSSR count). The maximum atomic E-state index is 12.7. The Morgan fingerprint density at radius 2 is 1.72 bits per heavy atom. The number of hydrogen-bond donors (Lipinski definition) is 1. The number of nitrogens with zero attached hydrogens (tertiary/aromatic N) is 2. The molecule has 172 valence electrons. The molecule has 0 radical (unpaired) electrons. The van der Waals surface area contributed by atoms with Gasteiger partial charge in [-0.25, -0.2) is 13.4 Å². The van der Waals surface area contributed by atoms with Gasteiger partial charge in [-0.1, -0.05) is 19.1 Å². The Bertz CT molecular complexity index is 1130. The van der Waals surface area contributed by atoms with E-state index < -0.39 is 10.0 Å². The van der Waals surface area contributed by atoms with Gasteiger partial charge in [-0.2, -0.15) is 5.10 Å². The van der Waals surface area contributed by atoms with Gasteiger partial charge in [0, 0.05) is 24.1 Å². The molecule has 1 atom stereocenters. The second-order valence-electron chi connectivity index (χ2n) is 7.24. The molecule has 0 aliphatic carbocycles. The molecule has 0 aromatic heterocycles. The van der Waals surface area contributed by atoms with Gasteiger partial charge in [0.05, 0.1) is 39.3 Å². The van der Waals surface area contributed by atoms with Crippen molar-refractivity contribution in [1.29, 1.82) is 0 Å². The number of methoxy groups -OCH3 is 3. The number of hydrazone groups is 1. The van der Waals surface area contributed by atoms with Crippen molar-refractivity contribution in [1.82, 2.24) is 5.01 Å². The van der Waals surface area contributed by atoms with Gasteiger partial charge in [-0.05, 0) is 29.8 Å². The number of benzene rings is 2. The number of nitrogens with one attached hydrogen (secondary N) is 1. The van der Waals surface area contributed by atoms with E-state index in [0.29, 0.717) is 47.1 Å². The van der Waals surface area contributed by atoms with Gasteiger partial charge in [0.15, 0.2) is 11.5 Å². The number of sulfonamides is 1. The zero-order chi connectivity index (χ0) is 23.5. The summed E-state index contributed by atoms with van der Waals surface area (Å²) in [7, 11) is 1.24. The highest BCUT2D eigenvalue weighted by Crippen LogP contribution is 2.43. The minimum absolute atomic E-state index is 0.122. The molecule has 2 aromatic carbocycles. The third-order valence-corrected chi connectivity index (χ3v) is 5.69. The second kappa shape index (κ2) is 9.47. The van der Waals surface area contributed by atoms with Crippen LogP contribution in [0.4, 0.5) is 5.69 Å². The maximum Gasteiger partial charge on any atom is 0.242 e. The zero-order valence-corrected chi connectivity index (χ0v) is 19.5. The monoisotopic (exact) mass is 461 g/mol. The summed E-state index contributed by atoms with van der Waals surface area (Å²) in [5.74, 6) is 1.33. The van der Waals surface area contributed by atoms with Crippen LogP contribution in [0.15, 0.2) is 41.5 Å². The number of carbonyl (C=O) groups excluding carboxylic acids is 1. The zero-order valence-electron chi connectivity index (χ0n) is 18.7. The predicted molar refractivity (Wildman–Crippen MR) is 122 cm³/mol. The lowest BCUT2D eigenvalue weighted by Gasteiger charge is -2.21. The van der Waals surface area contributed by atoms with Crippen LogP contribution >= 0.6 is 0 Å². The highest BCUT2D eigenvalue weighted by atomic mass is 32.2. The van der Waals surface area contributed by atoms with Crippen LogP contribution in [0.3, 0.4) is 0 Å². The Kier molecular flexibility index (Phi) is 6.93. The number of anilines is 1. The third kappa shape index (κ3) is 4.80. The Labute approximate surface area is 188 Å². The number of rotatable bonds is 8. The number of ether oxygens (including phenoxy) is 3. The molecule has 0 unspecified atom stereocenters. The first kappa shape index (κ1) is 23.4. The van der Waals surface area contributed by atoms with E-state index in [9.17, 15) is 13.2 Å². The minimum atomic E-state index is -3.38. The van der Waals surface area contributed by atoms with Crippen LogP contribution in [-0.4, -0.2) is 52.6 Å². The molecule has 0 spiro atoms. The van der Waals surface area contributed by atoms with Crippen LogP contribution in [0.1, 0.15) is 36.9 Å². The fraction of sp³-hybridized carbons (Fsp3) is 0.364. The highest BCUT2D eigenvalue weighted by Gasteiger charge is 2.34. The molecule has 0 saturated carbocycles. The molecule has 0 bridgehead atoms. The van der Waals surface area contributed by atoms with Crippen molar-refractivity contribution >= 4 is 27.3 Å². The summed E-state index contributed by atoms with van der Waals surface area (Å²) >= 11 is 0. The molecule has 1 N–H and O–H groups in total. The minimum Gasteiger partial charge on any atom is -0.493 e. The van der Waals surface area contributed by atoms with Gasteiger partial charge in [-0.3, -0.25) is 9.52 Å². The van der Waals surface area contributed by atoms with Crippen molar-refractivity contribution in [3.63, 3.8) is 0 Å². The molecule has 1 aliphatic heterocycles. The van der Waals surface area contributed by atoms with Gasteiger partial charge >= 0.3 is 0 Å². The van der Waals surface area contributed by atoms with E-state index >= 15 is 0 Å². The van der Waals surface area contributed by atoms with E-state index in [2.05, 4.69) is 9.82 Å². The Morgan fingerprint density at radius 1 is 1.06 bits per heavy atom. The summed E-state index contributed by atoms with van der Waals surface area (Å²) in [6, 6.07) is 10.2. The normalized spacial score (nSPS) is 15.8. The number of amides is 1. The van der Waals surface area contributed by atoms with Crippen molar-refractivity contribution in [2.75, 3.05) is 32.3 Å². The lowest BCUT2D eigenvalue weighted by Crippen LogP contribution is -2.26. The SMILES string of the molecule is CCC(=O)N1N=C(c2ccc(OC)c(OC)c2OC)C[C@@H]1c1ccc(NS(C)(=O)=O)cc1. The van der Waals surface area contributed by atoms with Gasteiger partial charge in [0.2, 0.25) is 21.7 Å². The Balaban J connectivity index is 1.99. The molecule has 9 nitrogen and oxygen atoms in total. The van der Waals surface area contributed by atoms with E-state index in [1.165, 1.54) is 19.2 Å². The van der Waals surface area contributed by atoms with Crippen LogP contribution in [0, 0.1) is 0 Å². The standard InChI is InChI=1S/C22H27N3O6S/c1-6-20(26)25-18(14-7-9-15(10-8-14)24-32(5,27)28)13-17(23-25)16-11-12-19(29-2)22(31-4)21(16)30-3/h7-12,18,24H,6,13H2,1-5H3/t18-/m1/s1. The summed E-state index contributed by atoms with van der Waals surface area (Å²) in [4.78, 5) is 12.7. The fourth-order valence-corrected chi connectivity index (χ4v) is 4.20. The smallest absolute Gasteiger partial charge is 0.242 e. The van der Waals surface area contributed by atoms with E-state index in [4.69, 9.17) is 14.2 Å². The molecule has 32 heavy (non-hydrogen) atoms. The summed E-state index contributed by atoms with van der Waals surface area (Å²) in [6.07, 6.45) is 1.84. The molecule has 10 heteroatoms. The van der Waals surface area contributed by atoms with Crippen LogP contribution in [0.5, 0.6) is 17.2 Å². The average Bonchev–Trinajstić information content (AvgIpc) is 3.22. The van der Waals surface area contributed by atoms with Gasteiger partial charge in [0.1, 0.15) is 0 Å². The van der Waals surface area contributed by atoms with Crippen molar-refractivity contribution < 1.29 is 27.4 Å². The van der Waals surface area contributed by atoms with E-state index in [1.807, 2.05) is 6.07 Å². The summed E-state index contributed by atoms with van der Waals surface area (Å²) in [5, 5.41) is 6.10. The van der Waals surface area contributed by atoms with Crippen LogP contribution < -0.4 is 18.9 Å². The number of hydrogen-bond acceptors (Lipinski definition) is 7. The van der Waals surface area contributed by atoms with E-state index in [1.54, 1.807) is 44.4 Å². The average molecular weight is 462 g/mol. The van der Waals surface area contributed by atoms with Crippen LogP contribution in [-0.2, 0) is 14.8 Å². The fourth-order valence-electron chi connectivity index (χ4n) is 3.64. The summed E-state index contributed by atoms with van der Waals surface area (Å²) < 4.78 is 41.8. The van der Waals surface area contributed by atoms with Crippen molar-refractivity contribution in [3.05, 3.63) is 47.5 Å². The van der Waals surface area contributed by atoms with Gasteiger partial charge < -0.3 is 14.2 Å². The molecule has 1 aliphatic rings. The lowest BCUT2D eigenvalue weighted by molar-refractivity contribution is -0.132. The molecular formula is C22H27N3O6S. The molecular weight excluding hydrogens is 434 g/mol. The maximum absolute atomic E-state index is 12.7. The predicted octanol–water partition coefficient (Wildman–Crippen LogP) is 3.17. The highest BCUT2D eigenvalue weighted by molar-refractivity contribution is 7.92. The van der Waals surface area contributed by atoms with Crippen molar-refractivity contribution in [2.45, 2.75) is 25.8 Å². The largest absolute Gasteiger partial charge is 0.493 e. The number of carbonyl (C=O) groups is 1. The molecule has 0 saturated heterocycles. The van der Waals surface area contributed by atoms with Gasteiger partial charge in [-0.15, -0.1) is 0 Å². The topological polar surface area (TPSA) is 107 Å². The van der Waals surface area contributed by atoms with Crippen LogP contribution in [0.2, 0.25) is 0 Å². The second-order valence-corrected chi connectivity index (χ2v) is 8.99. The van der Waals surface area contributed by atoms with E-state index in [-0.39, 0.29) is 11.9 Å². The molecule has 2 aromatic rings. The Hall–Kier alpha value is -3.27. The van der Waals surface area contributed by atoms with Crippen molar-refractivity contribution in [3.8, 4) is 17.2 Å². The molecule has 0 fully saturated rings. The lowest BCUT2D eigenvalue weighted by atomic mass is 9.97. The van der Waals surface area contributed by atoms with Gasteiger partial charge in [0.25, 0.3) is 0 Å².